The molecule has 1 amide bonds. The number of carbonyl (C=O) groups is 1. The Bertz CT molecular complexity index is 531. The highest BCUT2D eigenvalue weighted by Gasteiger charge is 2.34. The van der Waals surface area contributed by atoms with Crippen LogP contribution in [0.5, 0.6) is 0 Å². The molecule has 126 valence electrons. The predicted octanol–water partition coefficient (Wildman–Crippen LogP) is 2.73. The number of morpholine rings is 1. The molecule has 0 radical (unpaired) electrons. The van der Waals surface area contributed by atoms with Gasteiger partial charge in [-0.2, -0.15) is 0 Å². The molecule has 3 rings (SSSR count). The molecule has 2 atom stereocenters. The molecule has 2 saturated heterocycles. The lowest BCUT2D eigenvalue weighted by Gasteiger charge is -2.43. The van der Waals surface area contributed by atoms with Crippen LogP contribution in [0.2, 0.25) is 5.02 Å². The fraction of sp³-hybridized carbons (Fsp3) is 0.588. The summed E-state index contributed by atoms with van der Waals surface area (Å²) in [6.07, 6.45) is 1.88. The molecule has 0 aliphatic carbocycles. The third-order valence-electron chi connectivity index (χ3n) is 4.87. The molecule has 2 aliphatic heterocycles. The molecule has 0 spiro atoms. The molecule has 1 aromatic rings. The summed E-state index contributed by atoms with van der Waals surface area (Å²) in [6.45, 7) is 3.89. The van der Waals surface area contributed by atoms with E-state index < -0.39 is 6.09 Å². The largest absolute Gasteiger partial charge is 0.465 e. The maximum Gasteiger partial charge on any atom is 0.407 e. The number of piperidine rings is 1. The average Bonchev–Trinajstić information content (AvgIpc) is 2.58. The number of rotatable bonds is 3. The summed E-state index contributed by atoms with van der Waals surface area (Å²) in [5.74, 6) is 0. The lowest BCUT2D eigenvalue weighted by molar-refractivity contribution is -0.00930. The zero-order valence-electron chi connectivity index (χ0n) is 13.2. The Balaban J connectivity index is 1.64. The highest BCUT2D eigenvalue weighted by Crippen LogP contribution is 2.25. The molecule has 2 aliphatic rings. The average molecular weight is 339 g/mol. The monoisotopic (exact) mass is 338 g/mol. The normalized spacial score (nSPS) is 26.2. The van der Waals surface area contributed by atoms with Gasteiger partial charge in [0.2, 0.25) is 0 Å². The van der Waals surface area contributed by atoms with Crippen molar-refractivity contribution < 1.29 is 14.6 Å². The molecule has 2 fully saturated rings. The molecular weight excluding hydrogens is 316 g/mol. The van der Waals surface area contributed by atoms with E-state index in [2.05, 4.69) is 4.90 Å². The van der Waals surface area contributed by atoms with Crippen LogP contribution in [0.25, 0.3) is 0 Å². The van der Waals surface area contributed by atoms with Crippen molar-refractivity contribution in [2.75, 3.05) is 32.8 Å². The van der Waals surface area contributed by atoms with Crippen LogP contribution in [0.15, 0.2) is 24.3 Å². The zero-order valence-corrected chi connectivity index (χ0v) is 13.9. The van der Waals surface area contributed by atoms with Crippen molar-refractivity contribution >= 4 is 17.7 Å². The Morgan fingerprint density at radius 2 is 1.91 bits per heavy atom. The summed E-state index contributed by atoms with van der Waals surface area (Å²) in [6, 6.07) is 8.05. The maximum absolute atomic E-state index is 11.7. The smallest absolute Gasteiger partial charge is 0.407 e. The van der Waals surface area contributed by atoms with Gasteiger partial charge in [-0.15, -0.1) is 0 Å². The van der Waals surface area contributed by atoms with Crippen molar-refractivity contribution in [1.29, 1.82) is 0 Å². The molecule has 1 N–H and O–H groups in total. The number of nitrogens with zero attached hydrogens (tertiary/aromatic N) is 2. The first-order chi connectivity index (χ1) is 11.1. The molecule has 6 heteroatoms. The van der Waals surface area contributed by atoms with Crippen LogP contribution in [0, 0.1) is 0 Å². The second-order valence-electron chi connectivity index (χ2n) is 6.30. The number of benzene rings is 1. The Kier molecular flexibility index (Phi) is 5.41. The topological polar surface area (TPSA) is 53.0 Å². The minimum absolute atomic E-state index is 0.0472. The minimum Gasteiger partial charge on any atom is -0.465 e. The molecule has 0 unspecified atom stereocenters. The molecule has 1 aromatic carbocycles. The van der Waals surface area contributed by atoms with Gasteiger partial charge in [-0.3, -0.25) is 4.90 Å². The van der Waals surface area contributed by atoms with Crippen LogP contribution < -0.4 is 0 Å². The molecule has 0 aromatic heterocycles. The van der Waals surface area contributed by atoms with E-state index in [4.69, 9.17) is 16.3 Å². The van der Waals surface area contributed by atoms with Crippen molar-refractivity contribution in [2.24, 2.45) is 0 Å². The van der Waals surface area contributed by atoms with Gasteiger partial charge in [0, 0.05) is 36.7 Å². The van der Waals surface area contributed by atoms with Gasteiger partial charge in [0.25, 0.3) is 0 Å². The standard InChI is InChI=1S/C17H23ClN2O3/c18-14-3-1-13(2-4-14)11-15-5-6-16(12-20(15)17(21)22)19-7-9-23-10-8-19/h1-4,15-16H,5-12H2,(H,21,22)/t15-,16-/m1/s1. The predicted molar refractivity (Wildman–Crippen MR) is 89.1 cm³/mol. The molecule has 2 heterocycles. The number of halogens is 1. The second kappa shape index (κ2) is 7.51. The fourth-order valence-electron chi connectivity index (χ4n) is 3.59. The van der Waals surface area contributed by atoms with E-state index in [9.17, 15) is 9.90 Å². The number of carboxylic acid groups (broad SMARTS) is 1. The quantitative estimate of drug-likeness (QED) is 0.920. The summed E-state index contributed by atoms with van der Waals surface area (Å²) in [4.78, 5) is 15.7. The van der Waals surface area contributed by atoms with Gasteiger partial charge in [-0.05, 0) is 37.0 Å². The lowest BCUT2D eigenvalue weighted by Crippen LogP contribution is -2.56. The molecule has 0 saturated carbocycles. The van der Waals surface area contributed by atoms with Crippen LogP contribution in [0.3, 0.4) is 0 Å². The zero-order chi connectivity index (χ0) is 16.2. The summed E-state index contributed by atoms with van der Waals surface area (Å²) >= 11 is 5.92. The fourth-order valence-corrected chi connectivity index (χ4v) is 3.71. The van der Waals surface area contributed by atoms with Crippen LogP contribution in [-0.2, 0) is 11.2 Å². The van der Waals surface area contributed by atoms with E-state index in [1.54, 1.807) is 4.90 Å². The van der Waals surface area contributed by atoms with Crippen LogP contribution in [0.4, 0.5) is 4.79 Å². The Morgan fingerprint density at radius 3 is 2.57 bits per heavy atom. The number of hydrogen-bond acceptors (Lipinski definition) is 3. The van der Waals surface area contributed by atoms with Crippen LogP contribution in [0.1, 0.15) is 18.4 Å². The van der Waals surface area contributed by atoms with Gasteiger partial charge in [0.15, 0.2) is 0 Å². The van der Waals surface area contributed by atoms with Gasteiger partial charge in [0.1, 0.15) is 0 Å². The van der Waals surface area contributed by atoms with E-state index in [0.717, 1.165) is 51.1 Å². The maximum atomic E-state index is 11.7. The SMILES string of the molecule is O=C(O)N1C[C@H](N2CCOCC2)CC[C@@H]1Cc1ccc(Cl)cc1. The van der Waals surface area contributed by atoms with Crippen molar-refractivity contribution in [2.45, 2.75) is 31.3 Å². The highest BCUT2D eigenvalue weighted by molar-refractivity contribution is 6.30. The Labute approximate surface area is 141 Å². The Morgan fingerprint density at radius 1 is 1.22 bits per heavy atom. The van der Waals surface area contributed by atoms with E-state index in [1.807, 2.05) is 24.3 Å². The first kappa shape index (κ1) is 16.6. The second-order valence-corrected chi connectivity index (χ2v) is 6.74. The van der Waals surface area contributed by atoms with E-state index >= 15 is 0 Å². The van der Waals surface area contributed by atoms with Gasteiger partial charge in [-0.1, -0.05) is 23.7 Å². The van der Waals surface area contributed by atoms with Crippen molar-refractivity contribution in [3.05, 3.63) is 34.9 Å². The van der Waals surface area contributed by atoms with Crippen molar-refractivity contribution in [3.8, 4) is 0 Å². The lowest BCUT2D eigenvalue weighted by atomic mass is 9.92. The molecule has 0 bridgehead atoms. The number of likely N-dealkylation sites (tertiary alicyclic amines) is 1. The minimum atomic E-state index is -0.818. The Hall–Kier alpha value is -1.30. The van der Waals surface area contributed by atoms with Gasteiger partial charge < -0.3 is 14.7 Å². The van der Waals surface area contributed by atoms with Crippen molar-refractivity contribution in [3.63, 3.8) is 0 Å². The van der Waals surface area contributed by atoms with Crippen molar-refractivity contribution in [1.82, 2.24) is 9.80 Å². The third kappa shape index (κ3) is 4.16. The van der Waals surface area contributed by atoms with E-state index in [0.29, 0.717) is 17.6 Å². The highest BCUT2D eigenvalue weighted by atomic mass is 35.5. The third-order valence-corrected chi connectivity index (χ3v) is 5.13. The van der Waals surface area contributed by atoms with Gasteiger partial charge in [0.05, 0.1) is 13.2 Å². The number of amides is 1. The first-order valence-electron chi connectivity index (χ1n) is 8.19. The summed E-state index contributed by atoms with van der Waals surface area (Å²) < 4.78 is 5.39. The number of hydrogen-bond donors (Lipinski definition) is 1. The summed E-state index contributed by atoms with van der Waals surface area (Å²) in [5.41, 5.74) is 1.13. The van der Waals surface area contributed by atoms with Crippen LogP contribution >= 0.6 is 11.6 Å². The first-order valence-corrected chi connectivity index (χ1v) is 8.57. The molecule has 5 nitrogen and oxygen atoms in total. The van der Waals surface area contributed by atoms with E-state index in [1.165, 1.54) is 0 Å². The van der Waals surface area contributed by atoms with Gasteiger partial charge in [-0.25, -0.2) is 4.79 Å². The summed E-state index contributed by atoms with van der Waals surface area (Å²) in [7, 11) is 0. The van der Waals surface area contributed by atoms with E-state index in [-0.39, 0.29) is 6.04 Å². The number of ether oxygens (including phenoxy) is 1. The van der Waals surface area contributed by atoms with Crippen LogP contribution in [-0.4, -0.2) is 65.9 Å². The molecular formula is C17H23ClN2O3. The summed E-state index contributed by atoms with van der Waals surface area (Å²) in [5, 5.41) is 10.3. The van der Waals surface area contributed by atoms with Gasteiger partial charge >= 0.3 is 6.09 Å². The molecule has 23 heavy (non-hydrogen) atoms.